The topological polar surface area (TPSA) is 79.9 Å². The summed E-state index contributed by atoms with van der Waals surface area (Å²) in [5.74, 6) is 0.892. The molecule has 1 aliphatic heterocycles. The number of amides is 3. The Balaban J connectivity index is 1.67. The van der Waals surface area contributed by atoms with Crippen LogP contribution in [0.1, 0.15) is 12.8 Å². The number of rotatable bonds is 5. The Kier molecular flexibility index (Phi) is 5.80. The standard InChI is InChI=1S/C20H23N3O4/c1-26-17-11-10-15(13-18(17)27-2)21-19(24)16-9-6-12-23(16)20(25)22-14-7-4-3-5-8-14/h3-5,7-8,10-11,13,16H,6,9,12H2,1-2H3,(H,21,24)(H,22,25)/t16-/m1/s1. The van der Waals surface area contributed by atoms with Gasteiger partial charge in [-0.05, 0) is 37.1 Å². The Bertz CT molecular complexity index is 810. The Hall–Kier alpha value is -3.22. The molecule has 27 heavy (non-hydrogen) atoms. The van der Waals surface area contributed by atoms with Gasteiger partial charge in [0.15, 0.2) is 11.5 Å². The third-order valence-corrected chi connectivity index (χ3v) is 4.49. The van der Waals surface area contributed by atoms with E-state index in [0.29, 0.717) is 35.8 Å². The van der Waals surface area contributed by atoms with Gasteiger partial charge in [0.2, 0.25) is 5.91 Å². The van der Waals surface area contributed by atoms with Gasteiger partial charge in [-0.15, -0.1) is 0 Å². The van der Waals surface area contributed by atoms with E-state index in [2.05, 4.69) is 10.6 Å². The highest BCUT2D eigenvalue weighted by molar-refractivity contribution is 5.99. The molecule has 0 saturated carbocycles. The van der Waals surface area contributed by atoms with E-state index in [4.69, 9.17) is 9.47 Å². The van der Waals surface area contributed by atoms with Crippen molar-refractivity contribution in [3.8, 4) is 11.5 Å². The van der Waals surface area contributed by atoms with Crippen molar-refractivity contribution in [3.63, 3.8) is 0 Å². The lowest BCUT2D eigenvalue weighted by Crippen LogP contribution is -2.45. The lowest BCUT2D eigenvalue weighted by Gasteiger charge is -2.24. The number of carbonyl (C=O) groups excluding carboxylic acids is 2. The van der Waals surface area contributed by atoms with Crippen LogP contribution < -0.4 is 20.1 Å². The van der Waals surface area contributed by atoms with Crippen molar-refractivity contribution in [3.05, 3.63) is 48.5 Å². The lowest BCUT2D eigenvalue weighted by molar-refractivity contribution is -0.119. The van der Waals surface area contributed by atoms with Crippen molar-refractivity contribution in [2.24, 2.45) is 0 Å². The zero-order valence-corrected chi connectivity index (χ0v) is 15.4. The predicted molar refractivity (Wildman–Crippen MR) is 103 cm³/mol. The van der Waals surface area contributed by atoms with Crippen molar-refractivity contribution < 1.29 is 19.1 Å². The zero-order chi connectivity index (χ0) is 19.2. The number of hydrogen-bond donors (Lipinski definition) is 2. The number of nitrogens with zero attached hydrogens (tertiary/aromatic N) is 1. The summed E-state index contributed by atoms with van der Waals surface area (Å²) in [7, 11) is 3.09. The van der Waals surface area contributed by atoms with E-state index in [-0.39, 0.29) is 11.9 Å². The second-order valence-corrected chi connectivity index (χ2v) is 6.21. The maximum absolute atomic E-state index is 12.7. The van der Waals surface area contributed by atoms with Gasteiger partial charge in [0, 0.05) is 24.0 Å². The summed E-state index contributed by atoms with van der Waals surface area (Å²) in [6.45, 7) is 0.544. The van der Waals surface area contributed by atoms with Gasteiger partial charge < -0.3 is 25.0 Å². The molecular formula is C20H23N3O4. The number of para-hydroxylation sites is 1. The summed E-state index contributed by atoms with van der Waals surface area (Å²) in [5, 5.41) is 5.70. The maximum Gasteiger partial charge on any atom is 0.322 e. The average Bonchev–Trinajstić information content (AvgIpc) is 3.19. The molecule has 0 radical (unpaired) electrons. The molecule has 2 aromatic carbocycles. The number of methoxy groups -OCH3 is 2. The highest BCUT2D eigenvalue weighted by Crippen LogP contribution is 2.30. The summed E-state index contributed by atoms with van der Waals surface area (Å²) in [6, 6.07) is 13.6. The molecule has 1 saturated heterocycles. The summed E-state index contributed by atoms with van der Waals surface area (Å²) < 4.78 is 10.5. The van der Waals surface area contributed by atoms with Crippen LogP contribution in [0.25, 0.3) is 0 Å². The van der Waals surface area contributed by atoms with Crippen molar-refractivity contribution >= 4 is 23.3 Å². The minimum absolute atomic E-state index is 0.220. The summed E-state index contributed by atoms with van der Waals surface area (Å²) >= 11 is 0. The van der Waals surface area contributed by atoms with Gasteiger partial charge in [-0.2, -0.15) is 0 Å². The largest absolute Gasteiger partial charge is 0.493 e. The number of ether oxygens (including phenoxy) is 2. The molecule has 0 bridgehead atoms. The fourth-order valence-corrected chi connectivity index (χ4v) is 3.14. The highest BCUT2D eigenvalue weighted by Gasteiger charge is 2.34. The Morgan fingerprint density at radius 3 is 2.41 bits per heavy atom. The van der Waals surface area contributed by atoms with Crippen LogP contribution in [0.3, 0.4) is 0 Å². The maximum atomic E-state index is 12.7. The first-order valence-electron chi connectivity index (χ1n) is 8.78. The van der Waals surface area contributed by atoms with E-state index < -0.39 is 6.04 Å². The van der Waals surface area contributed by atoms with Gasteiger partial charge >= 0.3 is 6.03 Å². The molecule has 7 heteroatoms. The third kappa shape index (κ3) is 4.31. The predicted octanol–water partition coefficient (Wildman–Crippen LogP) is 3.34. The van der Waals surface area contributed by atoms with Crippen molar-refractivity contribution in [1.29, 1.82) is 0 Å². The average molecular weight is 369 g/mol. The SMILES string of the molecule is COc1ccc(NC(=O)[C@H]2CCCN2C(=O)Nc2ccccc2)cc1OC. The first-order valence-corrected chi connectivity index (χ1v) is 8.78. The Morgan fingerprint density at radius 2 is 1.70 bits per heavy atom. The van der Waals surface area contributed by atoms with Crippen LogP contribution >= 0.6 is 0 Å². The molecule has 7 nitrogen and oxygen atoms in total. The van der Waals surface area contributed by atoms with Gasteiger partial charge in [-0.3, -0.25) is 4.79 Å². The monoisotopic (exact) mass is 369 g/mol. The Labute approximate surface area is 158 Å². The lowest BCUT2D eigenvalue weighted by atomic mass is 10.2. The van der Waals surface area contributed by atoms with Crippen LogP contribution in [0.5, 0.6) is 11.5 Å². The van der Waals surface area contributed by atoms with E-state index in [1.165, 1.54) is 7.11 Å². The highest BCUT2D eigenvalue weighted by atomic mass is 16.5. The molecule has 0 aromatic heterocycles. The fourth-order valence-electron chi connectivity index (χ4n) is 3.14. The fraction of sp³-hybridized carbons (Fsp3) is 0.300. The van der Waals surface area contributed by atoms with E-state index in [1.807, 2.05) is 30.3 Å². The molecule has 3 rings (SSSR count). The van der Waals surface area contributed by atoms with Gasteiger partial charge in [-0.25, -0.2) is 4.79 Å². The molecule has 2 N–H and O–H groups in total. The quantitative estimate of drug-likeness (QED) is 0.847. The minimum Gasteiger partial charge on any atom is -0.493 e. The Morgan fingerprint density at radius 1 is 0.963 bits per heavy atom. The van der Waals surface area contributed by atoms with Crippen LogP contribution in [-0.2, 0) is 4.79 Å². The molecule has 1 atom stereocenters. The molecule has 1 aliphatic rings. The van der Waals surface area contributed by atoms with Crippen molar-refractivity contribution in [1.82, 2.24) is 4.90 Å². The minimum atomic E-state index is -0.512. The summed E-state index contributed by atoms with van der Waals surface area (Å²) in [6.07, 6.45) is 1.41. The summed E-state index contributed by atoms with van der Waals surface area (Å²) in [4.78, 5) is 26.9. The molecule has 0 aliphatic carbocycles. The number of nitrogens with one attached hydrogen (secondary N) is 2. The molecular weight excluding hydrogens is 346 g/mol. The molecule has 1 fully saturated rings. The number of urea groups is 1. The van der Waals surface area contributed by atoms with Gasteiger partial charge in [0.1, 0.15) is 6.04 Å². The normalized spacial score (nSPS) is 15.9. The first kappa shape index (κ1) is 18.6. The number of likely N-dealkylation sites (tertiary alicyclic amines) is 1. The third-order valence-electron chi connectivity index (χ3n) is 4.49. The number of anilines is 2. The van der Waals surface area contributed by atoms with Crippen LogP contribution in [0.2, 0.25) is 0 Å². The number of benzene rings is 2. The molecule has 2 aromatic rings. The van der Waals surface area contributed by atoms with Crippen LogP contribution in [0, 0.1) is 0 Å². The second-order valence-electron chi connectivity index (χ2n) is 6.21. The van der Waals surface area contributed by atoms with Gasteiger partial charge in [0.05, 0.1) is 14.2 Å². The van der Waals surface area contributed by atoms with Crippen molar-refractivity contribution in [2.45, 2.75) is 18.9 Å². The molecule has 1 heterocycles. The molecule has 3 amide bonds. The number of hydrogen-bond acceptors (Lipinski definition) is 4. The molecule has 0 spiro atoms. The molecule has 142 valence electrons. The van der Waals surface area contributed by atoms with E-state index in [9.17, 15) is 9.59 Å². The van der Waals surface area contributed by atoms with E-state index in [1.54, 1.807) is 30.2 Å². The molecule has 0 unspecified atom stereocenters. The van der Waals surface area contributed by atoms with Gasteiger partial charge in [0.25, 0.3) is 0 Å². The zero-order valence-electron chi connectivity index (χ0n) is 15.4. The van der Waals surface area contributed by atoms with Crippen LogP contribution in [-0.4, -0.2) is 43.6 Å². The van der Waals surface area contributed by atoms with E-state index >= 15 is 0 Å². The van der Waals surface area contributed by atoms with Crippen molar-refractivity contribution in [2.75, 3.05) is 31.4 Å². The van der Waals surface area contributed by atoms with E-state index in [0.717, 1.165) is 6.42 Å². The van der Waals surface area contributed by atoms with Crippen LogP contribution in [0.4, 0.5) is 16.2 Å². The van der Waals surface area contributed by atoms with Crippen LogP contribution in [0.15, 0.2) is 48.5 Å². The first-order chi connectivity index (χ1) is 13.1. The van der Waals surface area contributed by atoms with Gasteiger partial charge in [-0.1, -0.05) is 18.2 Å². The smallest absolute Gasteiger partial charge is 0.322 e. The summed E-state index contributed by atoms with van der Waals surface area (Å²) in [5.41, 5.74) is 1.29. The number of carbonyl (C=O) groups is 2. The second kappa shape index (κ2) is 8.44.